The van der Waals surface area contributed by atoms with E-state index in [1.165, 1.54) is 23.8 Å². The van der Waals surface area contributed by atoms with E-state index in [-0.39, 0.29) is 16.6 Å². The van der Waals surface area contributed by atoms with Gasteiger partial charge in [0.25, 0.3) is 5.69 Å². The zero-order valence-corrected chi connectivity index (χ0v) is 15.8. The molecule has 138 valence electrons. The molecule has 0 spiro atoms. The average molecular weight is 376 g/mol. The molecule has 0 bridgehead atoms. The van der Waals surface area contributed by atoms with Gasteiger partial charge in [0.2, 0.25) is 5.91 Å². The minimum absolute atomic E-state index is 0.117. The first-order valence-corrected chi connectivity index (χ1v) is 8.72. The van der Waals surface area contributed by atoms with Gasteiger partial charge >= 0.3 is 0 Å². The summed E-state index contributed by atoms with van der Waals surface area (Å²) in [4.78, 5) is 24.6. The summed E-state index contributed by atoms with van der Waals surface area (Å²) in [6, 6.07) is 11.9. The van der Waals surface area contributed by atoms with Crippen LogP contribution in [0.25, 0.3) is 0 Å². The van der Waals surface area contributed by atoms with Crippen LogP contribution in [0.5, 0.6) is 0 Å². The number of nitrogens with zero attached hydrogens (tertiary/aromatic N) is 2. The second-order valence-electron chi connectivity index (χ2n) is 6.17. The summed E-state index contributed by atoms with van der Waals surface area (Å²) in [5, 5.41) is 13.6. The van der Waals surface area contributed by atoms with Crippen LogP contribution in [0.1, 0.15) is 25.0 Å². The van der Waals surface area contributed by atoms with Crippen LogP contribution >= 0.6 is 11.6 Å². The van der Waals surface area contributed by atoms with E-state index in [2.05, 4.69) is 36.5 Å². The fourth-order valence-corrected chi connectivity index (χ4v) is 2.68. The quantitative estimate of drug-likeness (QED) is 0.579. The maximum Gasteiger partial charge on any atom is 0.271 e. The second-order valence-corrected chi connectivity index (χ2v) is 6.58. The Balaban J connectivity index is 2.00. The molecule has 2 aromatic carbocycles. The van der Waals surface area contributed by atoms with Crippen LogP contribution < -0.4 is 5.32 Å². The van der Waals surface area contributed by atoms with E-state index in [4.69, 9.17) is 11.6 Å². The van der Waals surface area contributed by atoms with Crippen LogP contribution in [-0.4, -0.2) is 28.8 Å². The summed E-state index contributed by atoms with van der Waals surface area (Å²) in [6.45, 7) is 4.54. The third-order valence-electron chi connectivity index (χ3n) is 4.33. The number of non-ortho nitro benzene ring substituents is 1. The molecule has 0 fully saturated rings. The van der Waals surface area contributed by atoms with E-state index < -0.39 is 11.0 Å². The van der Waals surface area contributed by atoms with Crippen molar-refractivity contribution in [3.05, 3.63) is 68.7 Å². The highest BCUT2D eigenvalue weighted by molar-refractivity contribution is 6.34. The maximum absolute atomic E-state index is 12.5. The summed E-state index contributed by atoms with van der Waals surface area (Å²) in [5.41, 5.74) is 2.64. The SMILES string of the molecule is CCc1ccc(CN(C)C(C)C(=O)Nc2ccc([N+](=O)[O-])cc2Cl)cc1. The molecular formula is C19H22ClN3O3. The standard InChI is InChI=1S/C19H22ClN3O3/c1-4-14-5-7-15(8-6-14)12-22(3)13(2)19(24)21-18-10-9-16(23(25)26)11-17(18)20/h5-11,13H,4,12H2,1-3H3,(H,21,24). The summed E-state index contributed by atoms with van der Waals surface area (Å²) < 4.78 is 0. The van der Waals surface area contributed by atoms with Crippen molar-refractivity contribution in [1.82, 2.24) is 4.90 Å². The number of benzene rings is 2. The molecule has 1 N–H and O–H groups in total. The van der Waals surface area contributed by atoms with Crippen LogP contribution in [0, 0.1) is 10.1 Å². The summed E-state index contributed by atoms with van der Waals surface area (Å²) >= 11 is 6.03. The minimum Gasteiger partial charge on any atom is -0.323 e. The van der Waals surface area contributed by atoms with Crippen LogP contribution in [0.3, 0.4) is 0 Å². The van der Waals surface area contributed by atoms with Crippen LogP contribution in [0.4, 0.5) is 11.4 Å². The highest BCUT2D eigenvalue weighted by Crippen LogP contribution is 2.27. The molecule has 0 aliphatic heterocycles. The van der Waals surface area contributed by atoms with Crippen LogP contribution in [0.2, 0.25) is 5.02 Å². The highest BCUT2D eigenvalue weighted by atomic mass is 35.5. The van der Waals surface area contributed by atoms with Gasteiger partial charge in [-0.15, -0.1) is 0 Å². The predicted octanol–water partition coefficient (Wildman–Crippen LogP) is 4.27. The lowest BCUT2D eigenvalue weighted by Crippen LogP contribution is -2.39. The third-order valence-corrected chi connectivity index (χ3v) is 4.64. The summed E-state index contributed by atoms with van der Waals surface area (Å²) in [5.74, 6) is -0.228. The molecule has 1 unspecified atom stereocenters. The normalized spacial score (nSPS) is 12.0. The van der Waals surface area contributed by atoms with E-state index in [1.54, 1.807) is 6.92 Å². The molecule has 0 aromatic heterocycles. The molecule has 6 nitrogen and oxygen atoms in total. The second kappa shape index (κ2) is 8.78. The van der Waals surface area contributed by atoms with Gasteiger partial charge in [0.05, 0.1) is 21.7 Å². The average Bonchev–Trinajstić information content (AvgIpc) is 2.63. The molecule has 7 heteroatoms. The number of rotatable bonds is 7. The number of nitro groups is 1. The van der Waals surface area contributed by atoms with Crippen LogP contribution in [-0.2, 0) is 17.8 Å². The van der Waals surface area contributed by atoms with Crippen molar-refractivity contribution in [2.24, 2.45) is 0 Å². The zero-order valence-electron chi connectivity index (χ0n) is 15.0. The predicted molar refractivity (Wildman–Crippen MR) is 103 cm³/mol. The molecule has 0 radical (unpaired) electrons. The molecule has 0 heterocycles. The molecule has 0 saturated carbocycles. The van der Waals surface area contributed by atoms with Gasteiger partial charge in [0, 0.05) is 18.7 Å². The Labute approximate surface area is 157 Å². The lowest BCUT2D eigenvalue weighted by atomic mass is 10.1. The van der Waals surface area contributed by atoms with Gasteiger partial charge in [0.15, 0.2) is 0 Å². The number of nitro benzene ring substituents is 1. The maximum atomic E-state index is 12.5. The van der Waals surface area contributed by atoms with Gasteiger partial charge in [-0.05, 0) is 37.6 Å². The minimum atomic E-state index is -0.530. The van der Waals surface area contributed by atoms with Gasteiger partial charge in [0.1, 0.15) is 0 Å². The number of halogens is 1. The third kappa shape index (κ3) is 5.03. The number of carbonyl (C=O) groups excluding carboxylic acids is 1. The molecule has 0 aliphatic carbocycles. The molecule has 0 saturated heterocycles. The smallest absolute Gasteiger partial charge is 0.271 e. The van der Waals surface area contributed by atoms with Gasteiger partial charge < -0.3 is 5.32 Å². The first-order valence-electron chi connectivity index (χ1n) is 8.34. The number of nitrogens with one attached hydrogen (secondary N) is 1. The summed E-state index contributed by atoms with van der Waals surface area (Å²) in [6.07, 6.45) is 0.991. The van der Waals surface area contributed by atoms with Gasteiger partial charge in [-0.3, -0.25) is 19.8 Å². The molecule has 2 aromatic rings. The van der Waals surface area contributed by atoms with Crippen molar-refractivity contribution in [1.29, 1.82) is 0 Å². The fraction of sp³-hybridized carbons (Fsp3) is 0.316. The zero-order chi connectivity index (χ0) is 19.3. The first-order chi connectivity index (χ1) is 12.3. The lowest BCUT2D eigenvalue weighted by Gasteiger charge is -2.24. The molecule has 2 rings (SSSR count). The number of hydrogen-bond acceptors (Lipinski definition) is 4. The Bertz CT molecular complexity index is 793. The van der Waals surface area contributed by atoms with E-state index in [0.29, 0.717) is 12.2 Å². The largest absolute Gasteiger partial charge is 0.323 e. The molecule has 1 atom stereocenters. The monoisotopic (exact) mass is 375 g/mol. The highest BCUT2D eigenvalue weighted by Gasteiger charge is 2.20. The van der Waals surface area contributed by atoms with Crippen molar-refractivity contribution in [2.75, 3.05) is 12.4 Å². The Morgan fingerprint density at radius 3 is 2.38 bits per heavy atom. The molecule has 26 heavy (non-hydrogen) atoms. The topological polar surface area (TPSA) is 75.5 Å². The number of likely N-dealkylation sites (N-methyl/N-ethyl adjacent to an activating group) is 1. The van der Waals surface area contributed by atoms with Crippen molar-refractivity contribution < 1.29 is 9.72 Å². The number of amides is 1. The summed E-state index contributed by atoms with van der Waals surface area (Å²) in [7, 11) is 1.87. The van der Waals surface area contributed by atoms with Crippen molar-refractivity contribution in [2.45, 2.75) is 32.9 Å². The van der Waals surface area contributed by atoms with Gasteiger partial charge in [-0.25, -0.2) is 0 Å². The Morgan fingerprint density at radius 2 is 1.85 bits per heavy atom. The van der Waals surface area contributed by atoms with Crippen molar-refractivity contribution in [3.63, 3.8) is 0 Å². The number of carbonyl (C=O) groups is 1. The van der Waals surface area contributed by atoms with Gasteiger partial charge in [-0.2, -0.15) is 0 Å². The van der Waals surface area contributed by atoms with Gasteiger partial charge in [-0.1, -0.05) is 42.8 Å². The van der Waals surface area contributed by atoms with Crippen molar-refractivity contribution in [3.8, 4) is 0 Å². The number of aryl methyl sites for hydroxylation is 1. The molecule has 0 aliphatic rings. The van der Waals surface area contributed by atoms with E-state index in [9.17, 15) is 14.9 Å². The van der Waals surface area contributed by atoms with Crippen LogP contribution in [0.15, 0.2) is 42.5 Å². The van der Waals surface area contributed by atoms with Crippen molar-refractivity contribution >= 4 is 28.9 Å². The Morgan fingerprint density at radius 1 is 1.23 bits per heavy atom. The van der Waals surface area contributed by atoms with E-state index in [1.807, 2.05) is 11.9 Å². The molecular weight excluding hydrogens is 354 g/mol. The number of anilines is 1. The molecule has 1 amide bonds. The number of hydrogen-bond donors (Lipinski definition) is 1. The Hall–Kier alpha value is -2.44. The Kier molecular flexibility index (Phi) is 6.71. The first kappa shape index (κ1) is 19.9. The lowest BCUT2D eigenvalue weighted by molar-refractivity contribution is -0.384. The van der Waals surface area contributed by atoms with E-state index >= 15 is 0 Å². The fourth-order valence-electron chi connectivity index (χ4n) is 2.46. The van der Waals surface area contributed by atoms with E-state index in [0.717, 1.165) is 12.0 Å².